The van der Waals surface area contributed by atoms with Crippen LogP contribution in [0.1, 0.15) is 51.2 Å². The van der Waals surface area contributed by atoms with E-state index in [1.165, 1.54) is 4.31 Å². The Labute approximate surface area is 175 Å². The van der Waals surface area contributed by atoms with Gasteiger partial charge in [-0.05, 0) is 49.0 Å². The van der Waals surface area contributed by atoms with E-state index < -0.39 is 16.1 Å². The van der Waals surface area contributed by atoms with E-state index in [1.807, 2.05) is 51.1 Å². The number of benzene rings is 2. The molecule has 2 aromatic carbocycles. The Hall–Kier alpha value is -2.11. The summed E-state index contributed by atoms with van der Waals surface area (Å²) in [5.74, 6) is 0.0127. The zero-order valence-corrected chi connectivity index (χ0v) is 18.7. The molecule has 158 valence electrons. The number of hydrogen-bond acceptors (Lipinski definition) is 3. The van der Waals surface area contributed by atoms with Crippen molar-refractivity contribution in [3.8, 4) is 0 Å². The second kappa shape index (κ2) is 10.6. The third-order valence-corrected chi connectivity index (χ3v) is 6.67. The molecule has 0 aliphatic heterocycles. The minimum absolute atomic E-state index is 0.0127. The van der Waals surface area contributed by atoms with Crippen LogP contribution in [0.15, 0.2) is 71.3 Å². The molecule has 0 heterocycles. The largest absolute Gasteiger partial charge is 0.388 e. The van der Waals surface area contributed by atoms with Crippen molar-refractivity contribution in [3.05, 3.63) is 77.5 Å². The first-order valence-corrected chi connectivity index (χ1v) is 11.7. The molecule has 0 aliphatic carbocycles. The molecule has 5 heteroatoms. The van der Waals surface area contributed by atoms with Crippen molar-refractivity contribution >= 4 is 10.0 Å². The molecule has 0 aromatic heterocycles. The number of rotatable bonds is 10. The quantitative estimate of drug-likeness (QED) is 0.574. The zero-order valence-electron chi connectivity index (χ0n) is 17.9. The maximum atomic E-state index is 13.4. The van der Waals surface area contributed by atoms with Gasteiger partial charge < -0.3 is 5.11 Å². The van der Waals surface area contributed by atoms with E-state index in [4.69, 9.17) is 0 Å². The highest BCUT2D eigenvalue weighted by Gasteiger charge is 2.24. The zero-order chi connectivity index (χ0) is 21.4. The summed E-state index contributed by atoms with van der Waals surface area (Å²) in [6.07, 6.45) is 3.53. The molecule has 0 amide bonds. The van der Waals surface area contributed by atoms with Crippen LogP contribution in [0.4, 0.5) is 0 Å². The van der Waals surface area contributed by atoms with Crippen LogP contribution in [0.5, 0.6) is 0 Å². The standard InChI is InChI=1S/C24H33NO3S/c1-5-6-12-22(24(26)19(2)3)18-25(17-21-10-8-7-9-11-21)29(27,28)23-15-13-20(4)14-16-23/h7-11,13-16,18-19,24,26H,5-6,12,17H2,1-4H3/b22-18+/t24-/m1/s1. The second-order valence-electron chi connectivity index (χ2n) is 7.85. The maximum Gasteiger partial charge on any atom is 0.264 e. The van der Waals surface area contributed by atoms with Crippen molar-refractivity contribution < 1.29 is 13.5 Å². The molecule has 1 atom stereocenters. The lowest BCUT2D eigenvalue weighted by atomic mass is 9.96. The minimum atomic E-state index is -3.75. The van der Waals surface area contributed by atoms with Crippen LogP contribution in [0.2, 0.25) is 0 Å². The van der Waals surface area contributed by atoms with E-state index in [0.717, 1.165) is 29.5 Å². The summed E-state index contributed by atoms with van der Waals surface area (Å²) in [5.41, 5.74) is 2.66. The van der Waals surface area contributed by atoms with Gasteiger partial charge in [0.25, 0.3) is 10.0 Å². The molecule has 0 unspecified atom stereocenters. The number of sulfonamides is 1. The Morgan fingerprint density at radius 3 is 2.24 bits per heavy atom. The Morgan fingerprint density at radius 2 is 1.69 bits per heavy atom. The van der Waals surface area contributed by atoms with Crippen LogP contribution < -0.4 is 0 Å². The van der Waals surface area contributed by atoms with Gasteiger partial charge in [0.15, 0.2) is 0 Å². The van der Waals surface area contributed by atoms with Crippen molar-refractivity contribution in [1.82, 2.24) is 4.31 Å². The van der Waals surface area contributed by atoms with Crippen LogP contribution in [-0.4, -0.2) is 23.9 Å². The summed E-state index contributed by atoms with van der Waals surface area (Å²) in [5, 5.41) is 10.7. The fourth-order valence-corrected chi connectivity index (χ4v) is 4.44. The molecular weight excluding hydrogens is 382 g/mol. The highest BCUT2D eigenvalue weighted by atomic mass is 32.2. The van der Waals surface area contributed by atoms with Gasteiger partial charge in [0, 0.05) is 6.20 Å². The summed E-state index contributed by atoms with van der Waals surface area (Å²) in [7, 11) is -3.75. The van der Waals surface area contributed by atoms with Gasteiger partial charge in [-0.1, -0.05) is 75.2 Å². The van der Waals surface area contributed by atoms with Gasteiger partial charge in [0.05, 0.1) is 17.5 Å². The minimum Gasteiger partial charge on any atom is -0.388 e. The molecule has 0 aliphatic rings. The summed E-state index contributed by atoms with van der Waals surface area (Å²) in [6.45, 7) is 8.13. The van der Waals surface area contributed by atoms with Crippen LogP contribution >= 0.6 is 0 Å². The Morgan fingerprint density at radius 1 is 1.07 bits per heavy atom. The van der Waals surface area contributed by atoms with Gasteiger partial charge >= 0.3 is 0 Å². The number of unbranched alkanes of at least 4 members (excludes halogenated alkanes) is 1. The van der Waals surface area contributed by atoms with E-state index >= 15 is 0 Å². The molecule has 0 fully saturated rings. The molecular formula is C24H33NO3S. The SMILES string of the molecule is CCCC/C(=C\N(Cc1ccccc1)S(=O)(=O)c1ccc(C)cc1)[C@H](O)C(C)C. The first kappa shape index (κ1) is 23.2. The molecule has 2 rings (SSSR count). The summed E-state index contributed by atoms with van der Waals surface area (Å²) < 4.78 is 28.3. The first-order valence-electron chi connectivity index (χ1n) is 10.3. The number of hydrogen-bond donors (Lipinski definition) is 1. The van der Waals surface area contributed by atoms with E-state index in [9.17, 15) is 13.5 Å². The topological polar surface area (TPSA) is 57.6 Å². The number of aliphatic hydroxyl groups excluding tert-OH is 1. The highest BCUT2D eigenvalue weighted by Crippen LogP contribution is 2.25. The summed E-state index contributed by atoms with van der Waals surface area (Å²) in [4.78, 5) is 0.254. The van der Waals surface area contributed by atoms with Crippen LogP contribution in [-0.2, 0) is 16.6 Å². The molecule has 1 N–H and O–H groups in total. The number of aliphatic hydroxyl groups is 1. The summed E-state index contributed by atoms with van der Waals surface area (Å²) >= 11 is 0. The second-order valence-corrected chi connectivity index (χ2v) is 9.74. The van der Waals surface area contributed by atoms with Gasteiger partial charge in [0.1, 0.15) is 0 Å². The maximum absolute atomic E-state index is 13.4. The monoisotopic (exact) mass is 415 g/mol. The van der Waals surface area contributed by atoms with Crippen molar-refractivity contribution in [3.63, 3.8) is 0 Å². The average molecular weight is 416 g/mol. The predicted octanol–water partition coefficient (Wildman–Crippen LogP) is 5.28. The van der Waals surface area contributed by atoms with Gasteiger partial charge in [0.2, 0.25) is 0 Å². The molecule has 4 nitrogen and oxygen atoms in total. The van der Waals surface area contributed by atoms with Crippen molar-refractivity contribution in [2.24, 2.45) is 5.92 Å². The first-order chi connectivity index (χ1) is 13.8. The van der Waals surface area contributed by atoms with E-state index in [1.54, 1.807) is 30.5 Å². The van der Waals surface area contributed by atoms with Crippen LogP contribution in [0.25, 0.3) is 0 Å². The van der Waals surface area contributed by atoms with Crippen molar-refractivity contribution in [1.29, 1.82) is 0 Å². The normalized spacial score (nSPS) is 13.5. The van der Waals surface area contributed by atoms with Crippen LogP contribution in [0.3, 0.4) is 0 Å². The fraction of sp³-hybridized carbons (Fsp3) is 0.417. The van der Waals surface area contributed by atoms with Gasteiger partial charge in [-0.15, -0.1) is 0 Å². The number of aryl methyl sites for hydroxylation is 1. The van der Waals surface area contributed by atoms with Gasteiger partial charge in [-0.2, -0.15) is 0 Å². The Kier molecular flexibility index (Phi) is 8.47. The van der Waals surface area contributed by atoms with E-state index in [2.05, 4.69) is 6.92 Å². The summed E-state index contributed by atoms with van der Waals surface area (Å²) in [6, 6.07) is 16.4. The van der Waals surface area contributed by atoms with Crippen LogP contribution in [0, 0.1) is 12.8 Å². The predicted molar refractivity (Wildman–Crippen MR) is 119 cm³/mol. The molecule has 2 aromatic rings. The molecule has 29 heavy (non-hydrogen) atoms. The lowest BCUT2D eigenvalue weighted by Crippen LogP contribution is -2.28. The third-order valence-electron chi connectivity index (χ3n) is 4.95. The van der Waals surface area contributed by atoms with Crippen molar-refractivity contribution in [2.75, 3.05) is 0 Å². The Bertz CT molecular complexity index is 887. The third kappa shape index (κ3) is 6.44. The lowest BCUT2D eigenvalue weighted by Gasteiger charge is -2.25. The molecule has 0 spiro atoms. The lowest BCUT2D eigenvalue weighted by molar-refractivity contribution is 0.154. The highest BCUT2D eigenvalue weighted by molar-refractivity contribution is 7.89. The van der Waals surface area contributed by atoms with E-state index in [0.29, 0.717) is 6.42 Å². The molecule has 0 bridgehead atoms. The smallest absolute Gasteiger partial charge is 0.264 e. The van der Waals surface area contributed by atoms with Crippen molar-refractivity contribution in [2.45, 2.75) is 64.5 Å². The average Bonchev–Trinajstić information content (AvgIpc) is 2.70. The Balaban J connectivity index is 2.51. The van der Waals surface area contributed by atoms with Gasteiger partial charge in [-0.3, -0.25) is 4.31 Å². The fourth-order valence-electron chi connectivity index (χ4n) is 3.09. The van der Waals surface area contributed by atoms with Gasteiger partial charge in [-0.25, -0.2) is 8.42 Å². The molecule has 0 radical (unpaired) electrons. The molecule has 0 saturated heterocycles. The molecule has 0 saturated carbocycles. The van der Waals surface area contributed by atoms with E-state index in [-0.39, 0.29) is 17.4 Å². The number of nitrogens with zero attached hydrogens (tertiary/aromatic N) is 1.